The molecule has 6 aromatic carbocycles. The molecule has 0 aliphatic heterocycles. The molecule has 0 unspecified atom stereocenters. The van der Waals surface area contributed by atoms with Gasteiger partial charge in [0.1, 0.15) is 0 Å². The molecule has 6 aromatic rings. The van der Waals surface area contributed by atoms with Gasteiger partial charge < -0.3 is 0 Å². The molecule has 234 valence electrons. The number of fused-ring (bicyclic) bond motifs is 2. The zero-order valence-corrected chi connectivity index (χ0v) is 28.3. The second-order valence-electron chi connectivity index (χ2n) is 12.1. The second-order valence-corrected chi connectivity index (χ2v) is 12.1. The highest BCUT2D eigenvalue weighted by Gasteiger charge is 2.14. The Kier molecular flexibility index (Phi) is 9.65. The predicted molar refractivity (Wildman–Crippen MR) is 215 cm³/mol. The van der Waals surface area contributed by atoms with Gasteiger partial charge in [-0.05, 0) is 127 Å². The second kappa shape index (κ2) is 14.4. The van der Waals surface area contributed by atoms with Crippen LogP contribution in [0.25, 0.3) is 73.2 Å². The summed E-state index contributed by atoms with van der Waals surface area (Å²) in [7, 11) is 0. The monoisotopic (exact) mass is 618 g/mol. The van der Waals surface area contributed by atoms with Crippen molar-refractivity contribution in [3.63, 3.8) is 0 Å². The molecule has 0 spiro atoms. The molecule has 0 atom stereocenters. The highest BCUT2D eigenvalue weighted by Crippen LogP contribution is 2.37. The lowest BCUT2D eigenvalue weighted by molar-refractivity contribution is 1.16. The van der Waals surface area contributed by atoms with Crippen molar-refractivity contribution in [2.45, 2.75) is 27.2 Å². The van der Waals surface area contributed by atoms with Crippen LogP contribution >= 0.6 is 0 Å². The van der Waals surface area contributed by atoms with Crippen LogP contribution in [0.2, 0.25) is 0 Å². The van der Waals surface area contributed by atoms with Gasteiger partial charge >= 0.3 is 0 Å². The molecule has 0 aliphatic rings. The van der Waals surface area contributed by atoms with Crippen molar-refractivity contribution in [1.82, 2.24) is 0 Å². The molecule has 0 N–H and O–H groups in total. The average Bonchev–Trinajstić information content (AvgIpc) is 3.14. The van der Waals surface area contributed by atoms with Gasteiger partial charge in [0.25, 0.3) is 0 Å². The molecule has 6 rings (SSSR count). The molecule has 0 saturated carbocycles. The Morgan fingerprint density at radius 2 is 1.27 bits per heavy atom. The van der Waals surface area contributed by atoms with Gasteiger partial charge in [0, 0.05) is 0 Å². The number of hydrogen-bond donors (Lipinski definition) is 0. The molecule has 48 heavy (non-hydrogen) atoms. The van der Waals surface area contributed by atoms with Gasteiger partial charge in [-0.15, -0.1) is 0 Å². The first kappa shape index (κ1) is 32.2. The van der Waals surface area contributed by atoms with Gasteiger partial charge in [-0.3, -0.25) is 0 Å². The minimum Gasteiger partial charge on any atom is -0.0984 e. The SMILES string of the molecule is C=Cc1cc(C(/C=C(\CC)C(=C)c2cc3cccc(-c4ccc(-c5cccc6ccccc56)cc4)c3cc2C=C)=C/C)ccc1/C=C\C. The van der Waals surface area contributed by atoms with Gasteiger partial charge in [-0.1, -0.05) is 160 Å². The minimum atomic E-state index is 0.860. The summed E-state index contributed by atoms with van der Waals surface area (Å²) in [6.45, 7) is 19.2. The minimum absolute atomic E-state index is 0.860. The topological polar surface area (TPSA) is 0 Å². The fourth-order valence-electron chi connectivity index (χ4n) is 6.69. The third-order valence-electron chi connectivity index (χ3n) is 9.29. The molecule has 0 bridgehead atoms. The standard InChI is InChI=1S/C48H42/c1-7-16-38-23-28-42(30-35(38)9-3)36(10-4)29-34(8-2)33(6)47-32-43-19-15-22-46(48(43)31-37(47)11-5)41-26-24-40(25-27-41)45-21-14-18-39-17-12-13-20-44(39)45/h7,9-32H,3,5-6,8H2,1-2,4H3/b16-7-,34-29+,36-10+. The van der Waals surface area contributed by atoms with E-state index in [2.05, 4.69) is 173 Å². The maximum atomic E-state index is 4.64. The number of benzene rings is 6. The van der Waals surface area contributed by atoms with E-state index in [1.54, 1.807) is 0 Å². The quantitative estimate of drug-likeness (QED) is 0.134. The van der Waals surface area contributed by atoms with Crippen molar-refractivity contribution >= 4 is 50.9 Å². The maximum Gasteiger partial charge on any atom is -0.00990 e. The molecule has 0 amide bonds. The van der Waals surface area contributed by atoms with E-state index in [1.165, 1.54) is 60.5 Å². The Labute approximate surface area is 286 Å². The number of rotatable bonds is 10. The van der Waals surface area contributed by atoms with Crippen LogP contribution in [0, 0.1) is 0 Å². The summed E-state index contributed by atoms with van der Waals surface area (Å²) in [5, 5.41) is 4.92. The normalized spacial score (nSPS) is 12.1. The van der Waals surface area contributed by atoms with Crippen molar-refractivity contribution in [1.29, 1.82) is 0 Å². The molecule has 0 aliphatic carbocycles. The first-order chi connectivity index (χ1) is 23.5. The lowest BCUT2D eigenvalue weighted by atomic mass is 9.87. The van der Waals surface area contributed by atoms with Crippen LogP contribution in [0.5, 0.6) is 0 Å². The van der Waals surface area contributed by atoms with Crippen LogP contribution in [0.4, 0.5) is 0 Å². The third-order valence-corrected chi connectivity index (χ3v) is 9.29. The van der Waals surface area contributed by atoms with E-state index < -0.39 is 0 Å². The maximum absolute atomic E-state index is 4.64. The van der Waals surface area contributed by atoms with Crippen molar-refractivity contribution < 1.29 is 0 Å². The van der Waals surface area contributed by atoms with E-state index in [1.807, 2.05) is 19.1 Å². The zero-order chi connectivity index (χ0) is 33.6. The lowest BCUT2D eigenvalue weighted by Crippen LogP contribution is -1.95. The van der Waals surface area contributed by atoms with Crippen molar-refractivity contribution in [2.75, 3.05) is 0 Å². The Hall–Kier alpha value is -5.72. The molecule has 0 aromatic heterocycles. The summed E-state index contributed by atoms with van der Waals surface area (Å²) in [6.07, 6.45) is 13.4. The van der Waals surface area contributed by atoms with E-state index in [9.17, 15) is 0 Å². The number of allylic oxidation sites excluding steroid dienone is 6. The first-order valence-electron chi connectivity index (χ1n) is 16.7. The highest BCUT2D eigenvalue weighted by molar-refractivity contribution is 6.02. The Morgan fingerprint density at radius 1 is 0.625 bits per heavy atom. The molecule has 0 fully saturated rings. The van der Waals surface area contributed by atoms with E-state index in [4.69, 9.17) is 0 Å². The molecular weight excluding hydrogens is 577 g/mol. The van der Waals surface area contributed by atoms with E-state index in [0.717, 1.165) is 34.2 Å². The van der Waals surface area contributed by atoms with Crippen LogP contribution in [-0.2, 0) is 0 Å². The fraction of sp³-hybridized carbons (Fsp3) is 0.0833. The van der Waals surface area contributed by atoms with Crippen molar-refractivity contribution in [3.05, 3.63) is 187 Å². The average molecular weight is 619 g/mol. The first-order valence-corrected chi connectivity index (χ1v) is 16.7. The molecule has 0 saturated heterocycles. The highest BCUT2D eigenvalue weighted by atomic mass is 14.2. The molecular formula is C48H42. The van der Waals surface area contributed by atoms with Crippen molar-refractivity contribution in [2.24, 2.45) is 0 Å². The molecule has 0 heteroatoms. The van der Waals surface area contributed by atoms with Gasteiger partial charge in [0.05, 0.1) is 0 Å². The summed E-state index contributed by atoms with van der Waals surface area (Å²) in [5.41, 5.74) is 13.9. The number of hydrogen-bond acceptors (Lipinski definition) is 0. The lowest BCUT2D eigenvalue weighted by Gasteiger charge is -2.17. The van der Waals surface area contributed by atoms with Crippen molar-refractivity contribution in [3.8, 4) is 22.3 Å². The smallest absolute Gasteiger partial charge is 0.00990 e. The molecule has 0 heterocycles. The summed E-state index contributed by atoms with van der Waals surface area (Å²) in [4.78, 5) is 0. The zero-order valence-electron chi connectivity index (χ0n) is 28.3. The Morgan fingerprint density at radius 3 is 1.92 bits per heavy atom. The van der Waals surface area contributed by atoms with Gasteiger partial charge in [-0.25, -0.2) is 0 Å². The summed E-state index contributed by atoms with van der Waals surface area (Å²) in [5.74, 6) is 0. The molecule has 0 radical (unpaired) electrons. The Balaban J connectivity index is 1.36. The third kappa shape index (κ3) is 6.31. The van der Waals surface area contributed by atoms with Crippen LogP contribution in [-0.4, -0.2) is 0 Å². The Bertz CT molecular complexity index is 2260. The molecule has 0 nitrogen and oxygen atoms in total. The van der Waals surface area contributed by atoms with Crippen LogP contribution in [0.3, 0.4) is 0 Å². The van der Waals surface area contributed by atoms with E-state index >= 15 is 0 Å². The summed E-state index contributed by atoms with van der Waals surface area (Å²) < 4.78 is 0. The van der Waals surface area contributed by atoms with Crippen LogP contribution in [0.15, 0.2) is 159 Å². The van der Waals surface area contributed by atoms with E-state index in [0.29, 0.717) is 0 Å². The predicted octanol–water partition coefficient (Wildman–Crippen LogP) is 14.1. The van der Waals surface area contributed by atoms with Gasteiger partial charge in [0.15, 0.2) is 0 Å². The van der Waals surface area contributed by atoms with E-state index in [-0.39, 0.29) is 0 Å². The van der Waals surface area contributed by atoms with Gasteiger partial charge in [0.2, 0.25) is 0 Å². The van der Waals surface area contributed by atoms with Gasteiger partial charge in [-0.2, -0.15) is 0 Å². The fourth-order valence-corrected chi connectivity index (χ4v) is 6.69. The van der Waals surface area contributed by atoms with Crippen LogP contribution < -0.4 is 0 Å². The van der Waals surface area contributed by atoms with Crippen LogP contribution in [0.1, 0.15) is 55.0 Å². The summed E-state index contributed by atoms with van der Waals surface area (Å²) >= 11 is 0. The summed E-state index contributed by atoms with van der Waals surface area (Å²) in [6, 6.07) is 41.7. The largest absolute Gasteiger partial charge is 0.0984 e.